The summed E-state index contributed by atoms with van der Waals surface area (Å²) in [6.07, 6.45) is 1.69. The first kappa shape index (κ1) is 19.7. The molecule has 0 saturated carbocycles. The molecule has 0 radical (unpaired) electrons. The van der Waals surface area contributed by atoms with Gasteiger partial charge in [0.05, 0.1) is 11.0 Å². The van der Waals surface area contributed by atoms with E-state index in [1.165, 1.54) is 0 Å². The van der Waals surface area contributed by atoms with E-state index < -0.39 is 0 Å². The molecule has 2 N–H and O–H groups in total. The van der Waals surface area contributed by atoms with Gasteiger partial charge in [-0.05, 0) is 73.4 Å². The van der Waals surface area contributed by atoms with Gasteiger partial charge in [-0.3, -0.25) is 0 Å². The highest BCUT2D eigenvalue weighted by Crippen LogP contribution is 2.18. The topological polar surface area (TPSA) is 59.0 Å². The van der Waals surface area contributed by atoms with Crippen LogP contribution in [0.2, 0.25) is 0 Å². The molecule has 1 aromatic heterocycles. The van der Waals surface area contributed by atoms with Crippen LogP contribution in [0.1, 0.15) is 22.5 Å². The van der Waals surface area contributed by atoms with Crippen LogP contribution in [0.25, 0.3) is 11.0 Å². The molecule has 1 heterocycles. The van der Waals surface area contributed by atoms with Crippen molar-refractivity contribution in [2.75, 3.05) is 10.6 Å². The number of hydrogen-bond acceptors (Lipinski definition) is 2. The average Bonchev–Trinajstić information content (AvgIpc) is 3.02. The van der Waals surface area contributed by atoms with Crippen LogP contribution in [0, 0.1) is 13.8 Å². The number of nitrogens with one attached hydrogen (secondary N) is 2. The van der Waals surface area contributed by atoms with E-state index in [2.05, 4.69) is 40.4 Å². The number of fused-ring (bicyclic) bond motifs is 1. The van der Waals surface area contributed by atoms with Crippen LogP contribution in [0.15, 0.2) is 66.7 Å². The zero-order chi connectivity index (χ0) is 21.1. The molecule has 0 atom stereocenters. The quantitative estimate of drug-likeness (QED) is 0.458. The Morgan fingerprint density at radius 1 is 0.867 bits per heavy atom. The third-order valence-electron chi connectivity index (χ3n) is 5.18. The summed E-state index contributed by atoms with van der Waals surface area (Å²) >= 11 is 0. The Labute approximate surface area is 176 Å². The first-order valence-electron chi connectivity index (χ1n) is 10.1. The molecule has 30 heavy (non-hydrogen) atoms. The summed E-state index contributed by atoms with van der Waals surface area (Å²) in [4.78, 5) is 17.1. The Hall–Kier alpha value is -3.60. The summed E-state index contributed by atoms with van der Waals surface area (Å²) in [6, 6.07) is 21.9. The van der Waals surface area contributed by atoms with Gasteiger partial charge in [-0.2, -0.15) is 0 Å². The molecule has 0 aliphatic heterocycles. The van der Waals surface area contributed by atoms with Crippen LogP contribution in [-0.2, 0) is 19.9 Å². The van der Waals surface area contributed by atoms with Crippen molar-refractivity contribution in [3.63, 3.8) is 0 Å². The number of hydrogen-bond donors (Lipinski definition) is 2. The summed E-state index contributed by atoms with van der Waals surface area (Å²) < 4.78 is 2.15. The molecule has 0 unspecified atom stereocenters. The molecular weight excluding hydrogens is 372 g/mol. The molecule has 4 rings (SSSR count). The monoisotopic (exact) mass is 398 g/mol. The van der Waals surface area contributed by atoms with Gasteiger partial charge in [-0.15, -0.1) is 0 Å². The molecule has 3 aromatic carbocycles. The molecule has 2 amide bonds. The predicted octanol–water partition coefficient (Wildman–Crippen LogP) is 5.62. The summed E-state index contributed by atoms with van der Waals surface area (Å²) in [5.74, 6) is 1.06. The Bertz CT molecular complexity index is 1190. The normalized spacial score (nSPS) is 10.9. The first-order valence-corrected chi connectivity index (χ1v) is 10.1. The molecule has 0 bridgehead atoms. The largest absolute Gasteiger partial charge is 0.331 e. The minimum Gasteiger partial charge on any atom is -0.331 e. The Kier molecular flexibility index (Phi) is 5.53. The van der Waals surface area contributed by atoms with E-state index in [0.717, 1.165) is 57.8 Å². The van der Waals surface area contributed by atoms with Gasteiger partial charge in [0.25, 0.3) is 0 Å². The smallest absolute Gasteiger partial charge is 0.323 e. The third kappa shape index (κ3) is 4.51. The fourth-order valence-electron chi connectivity index (χ4n) is 3.82. The fourth-order valence-corrected chi connectivity index (χ4v) is 3.82. The molecule has 0 aliphatic rings. The lowest BCUT2D eigenvalue weighted by Gasteiger charge is -2.10. The van der Waals surface area contributed by atoms with E-state index in [0.29, 0.717) is 0 Å². The van der Waals surface area contributed by atoms with Crippen LogP contribution in [0.5, 0.6) is 0 Å². The van der Waals surface area contributed by atoms with Gasteiger partial charge in [0.2, 0.25) is 0 Å². The van der Waals surface area contributed by atoms with Gasteiger partial charge in [-0.25, -0.2) is 9.78 Å². The second-order valence-corrected chi connectivity index (χ2v) is 7.73. The molecule has 5 heteroatoms. The van der Waals surface area contributed by atoms with Crippen molar-refractivity contribution in [2.24, 2.45) is 7.05 Å². The summed E-state index contributed by atoms with van der Waals surface area (Å²) in [7, 11) is 2.06. The van der Waals surface area contributed by atoms with Gasteiger partial charge in [0.15, 0.2) is 0 Å². The van der Waals surface area contributed by atoms with Crippen LogP contribution in [-0.4, -0.2) is 15.6 Å². The Morgan fingerprint density at radius 2 is 1.60 bits per heavy atom. The number of anilines is 2. The number of carbonyl (C=O) groups excluding carboxylic acids is 1. The molecule has 0 aliphatic carbocycles. The van der Waals surface area contributed by atoms with Crippen molar-refractivity contribution in [3.8, 4) is 0 Å². The molecule has 5 nitrogen and oxygen atoms in total. The summed E-state index contributed by atoms with van der Waals surface area (Å²) in [6.45, 7) is 4.04. The number of carbonyl (C=O) groups is 1. The first-order chi connectivity index (χ1) is 14.5. The number of imidazole rings is 1. The molecule has 0 spiro atoms. The molecule has 4 aromatic rings. The zero-order valence-corrected chi connectivity index (χ0v) is 17.6. The highest BCUT2D eigenvalue weighted by Gasteiger charge is 2.08. The number of rotatable bonds is 5. The van der Waals surface area contributed by atoms with Crippen LogP contribution < -0.4 is 10.6 Å². The number of aryl methyl sites for hydroxylation is 5. The lowest BCUT2D eigenvalue weighted by Crippen LogP contribution is -2.19. The van der Waals surface area contributed by atoms with Gasteiger partial charge in [0, 0.05) is 24.8 Å². The van der Waals surface area contributed by atoms with Crippen LogP contribution in [0.3, 0.4) is 0 Å². The number of benzene rings is 3. The standard InChI is InChI=1S/C25H26N4O/c1-17-13-18(2)15-21(14-17)27-25(30)26-20-8-6-7-19(16-20)11-12-24-28-22-9-4-5-10-23(22)29(24)3/h4-10,13-16H,11-12H2,1-3H3,(H2,26,27,30). The van der Waals surface area contributed by atoms with E-state index in [9.17, 15) is 4.79 Å². The van der Waals surface area contributed by atoms with Crippen molar-refractivity contribution in [2.45, 2.75) is 26.7 Å². The molecule has 152 valence electrons. The highest BCUT2D eigenvalue weighted by atomic mass is 16.2. The van der Waals surface area contributed by atoms with Crippen molar-refractivity contribution >= 4 is 28.4 Å². The number of aromatic nitrogens is 2. The van der Waals surface area contributed by atoms with Gasteiger partial charge >= 0.3 is 6.03 Å². The third-order valence-corrected chi connectivity index (χ3v) is 5.18. The minimum atomic E-state index is -0.243. The second-order valence-electron chi connectivity index (χ2n) is 7.73. The Morgan fingerprint density at radius 3 is 2.37 bits per heavy atom. The number of urea groups is 1. The van der Waals surface area contributed by atoms with E-state index in [1.807, 2.05) is 62.4 Å². The number of amides is 2. The maximum atomic E-state index is 12.4. The van der Waals surface area contributed by atoms with Crippen molar-refractivity contribution in [1.82, 2.24) is 9.55 Å². The maximum Gasteiger partial charge on any atom is 0.323 e. The molecular formula is C25H26N4O. The average molecular weight is 399 g/mol. The van der Waals surface area contributed by atoms with Crippen LogP contribution >= 0.6 is 0 Å². The van der Waals surface area contributed by atoms with E-state index >= 15 is 0 Å². The SMILES string of the molecule is Cc1cc(C)cc(NC(=O)Nc2cccc(CCc3nc4ccccc4n3C)c2)c1. The number of para-hydroxylation sites is 2. The van der Waals surface area contributed by atoms with Crippen LogP contribution in [0.4, 0.5) is 16.2 Å². The second kappa shape index (κ2) is 8.41. The van der Waals surface area contributed by atoms with Crippen molar-refractivity contribution in [1.29, 1.82) is 0 Å². The molecule has 0 saturated heterocycles. The van der Waals surface area contributed by atoms with E-state index in [-0.39, 0.29) is 6.03 Å². The summed E-state index contributed by atoms with van der Waals surface area (Å²) in [5, 5.41) is 5.84. The number of nitrogens with zero attached hydrogens (tertiary/aromatic N) is 2. The molecule has 0 fully saturated rings. The van der Waals surface area contributed by atoms with E-state index in [1.54, 1.807) is 0 Å². The fraction of sp³-hybridized carbons (Fsp3) is 0.200. The highest BCUT2D eigenvalue weighted by molar-refractivity contribution is 5.99. The van der Waals surface area contributed by atoms with Gasteiger partial charge in [-0.1, -0.05) is 30.3 Å². The lowest BCUT2D eigenvalue weighted by molar-refractivity contribution is 0.262. The maximum absolute atomic E-state index is 12.4. The predicted molar refractivity (Wildman–Crippen MR) is 123 cm³/mol. The van der Waals surface area contributed by atoms with Gasteiger partial charge < -0.3 is 15.2 Å². The van der Waals surface area contributed by atoms with E-state index in [4.69, 9.17) is 4.98 Å². The minimum absolute atomic E-state index is 0.243. The van der Waals surface area contributed by atoms with Gasteiger partial charge in [0.1, 0.15) is 5.82 Å². The lowest BCUT2D eigenvalue weighted by atomic mass is 10.1. The summed E-state index contributed by atoms with van der Waals surface area (Å²) in [5.41, 5.74) is 7.14. The zero-order valence-electron chi connectivity index (χ0n) is 17.6. The Balaban J connectivity index is 1.40. The van der Waals surface area contributed by atoms with Crippen molar-refractivity contribution in [3.05, 3.63) is 89.2 Å². The van der Waals surface area contributed by atoms with Crippen molar-refractivity contribution < 1.29 is 4.79 Å².